The third-order valence-corrected chi connectivity index (χ3v) is 2.95. The Bertz CT molecular complexity index is 294. The Morgan fingerprint density at radius 1 is 1.18 bits per heavy atom. The number of nitrogens with zero attached hydrogens (tertiary/aromatic N) is 1. The summed E-state index contributed by atoms with van der Waals surface area (Å²) in [6.45, 7) is 8.54. The molecule has 1 amide bonds. The van der Waals surface area contributed by atoms with Crippen molar-refractivity contribution in [2.45, 2.75) is 52.6 Å². The highest BCUT2D eigenvalue weighted by molar-refractivity contribution is 5.78. The van der Waals surface area contributed by atoms with E-state index in [0.717, 1.165) is 19.3 Å². The van der Waals surface area contributed by atoms with E-state index in [0.29, 0.717) is 13.1 Å². The Kier molecular flexibility index (Phi) is 4.54. The predicted octanol–water partition coefficient (Wildman–Crippen LogP) is 2.61. The molecule has 1 fully saturated rings. The van der Waals surface area contributed by atoms with Crippen molar-refractivity contribution in [2.24, 2.45) is 5.92 Å². The van der Waals surface area contributed by atoms with Crippen molar-refractivity contribution >= 4 is 11.9 Å². The summed E-state index contributed by atoms with van der Waals surface area (Å²) in [5.41, 5.74) is -0.455. The first kappa shape index (κ1) is 14.0. The Balaban J connectivity index is 2.51. The molecule has 0 unspecified atom stereocenters. The monoisotopic (exact) mass is 241 g/mol. The summed E-state index contributed by atoms with van der Waals surface area (Å²) in [4.78, 5) is 24.9. The summed E-state index contributed by atoms with van der Waals surface area (Å²) in [6.07, 6.45) is 2.26. The zero-order valence-electron chi connectivity index (χ0n) is 11.3. The predicted molar refractivity (Wildman–Crippen MR) is 65.8 cm³/mol. The second kappa shape index (κ2) is 5.52. The lowest BCUT2D eigenvalue weighted by Crippen LogP contribution is -2.37. The van der Waals surface area contributed by atoms with E-state index in [1.807, 2.05) is 20.8 Å². The molecule has 0 spiro atoms. The van der Waals surface area contributed by atoms with E-state index in [1.165, 1.54) is 0 Å². The van der Waals surface area contributed by atoms with Crippen LogP contribution in [0.4, 0.5) is 4.79 Å². The number of rotatable bonds is 1. The molecule has 1 aliphatic rings. The molecule has 4 heteroatoms. The van der Waals surface area contributed by atoms with Gasteiger partial charge in [0.05, 0.1) is 0 Å². The van der Waals surface area contributed by atoms with E-state index in [1.54, 1.807) is 11.8 Å². The number of ether oxygens (including phenoxy) is 1. The fourth-order valence-corrected chi connectivity index (χ4v) is 2.01. The molecule has 0 bridgehead atoms. The van der Waals surface area contributed by atoms with Crippen LogP contribution in [0.15, 0.2) is 0 Å². The van der Waals surface area contributed by atoms with E-state index in [4.69, 9.17) is 4.74 Å². The lowest BCUT2D eigenvalue weighted by molar-refractivity contribution is -0.121. The topological polar surface area (TPSA) is 46.6 Å². The maximum absolute atomic E-state index is 11.9. The molecule has 0 N–H and O–H groups in total. The van der Waals surface area contributed by atoms with E-state index in [9.17, 15) is 9.59 Å². The molecule has 0 aromatic carbocycles. The number of carbonyl (C=O) groups is 2. The molecule has 0 aliphatic carbocycles. The number of hydrogen-bond donors (Lipinski definition) is 0. The number of hydrogen-bond acceptors (Lipinski definition) is 3. The highest BCUT2D eigenvalue weighted by atomic mass is 16.6. The summed E-state index contributed by atoms with van der Waals surface area (Å²) in [5, 5.41) is 0. The largest absolute Gasteiger partial charge is 0.444 e. The van der Waals surface area contributed by atoms with Gasteiger partial charge in [-0.05, 0) is 47.0 Å². The average molecular weight is 241 g/mol. The van der Waals surface area contributed by atoms with Gasteiger partial charge in [0.15, 0.2) is 0 Å². The van der Waals surface area contributed by atoms with Gasteiger partial charge >= 0.3 is 6.09 Å². The summed E-state index contributed by atoms with van der Waals surface area (Å²) in [5.74, 6) is 0.346. The van der Waals surface area contributed by atoms with Crippen molar-refractivity contribution in [3.63, 3.8) is 0 Å². The van der Waals surface area contributed by atoms with Crippen molar-refractivity contribution < 1.29 is 14.3 Å². The van der Waals surface area contributed by atoms with Gasteiger partial charge in [0, 0.05) is 19.0 Å². The van der Waals surface area contributed by atoms with Crippen molar-refractivity contribution in [2.75, 3.05) is 13.1 Å². The molecule has 1 rings (SSSR count). The second-order valence-electron chi connectivity index (χ2n) is 5.71. The third-order valence-electron chi connectivity index (χ3n) is 2.95. The molecule has 17 heavy (non-hydrogen) atoms. The normalized spacial score (nSPS) is 21.9. The van der Waals surface area contributed by atoms with Crippen LogP contribution in [0.1, 0.15) is 47.0 Å². The molecular weight excluding hydrogens is 218 g/mol. The molecular formula is C13H23NO3. The molecule has 0 saturated carbocycles. The molecule has 0 aromatic heterocycles. The number of likely N-dealkylation sites (tertiary alicyclic amines) is 1. The SMILES string of the molecule is CC(=O)[C@H]1CCCN(C(=O)OC(C)(C)C)CC1. The van der Waals surface area contributed by atoms with E-state index in [-0.39, 0.29) is 17.8 Å². The van der Waals surface area contributed by atoms with Crippen molar-refractivity contribution in [3.05, 3.63) is 0 Å². The van der Waals surface area contributed by atoms with Crippen molar-refractivity contribution in [3.8, 4) is 0 Å². The van der Waals surface area contributed by atoms with Crippen molar-refractivity contribution in [1.82, 2.24) is 4.90 Å². The molecule has 1 atom stereocenters. The van der Waals surface area contributed by atoms with Gasteiger partial charge in [0.1, 0.15) is 11.4 Å². The molecule has 4 nitrogen and oxygen atoms in total. The van der Waals surface area contributed by atoms with Crippen LogP contribution in [0, 0.1) is 5.92 Å². The summed E-state index contributed by atoms with van der Waals surface area (Å²) in [7, 11) is 0. The molecule has 0 radical (unpaired) electrons. The van der Waals surface area contributed by atoms with Crippen LogP contribution in [0.2, 0.25) is 0 Å². The molecule has 1 aliphatic heterocycles. The minimum absolute atomic E-state index is 0.113. The van der Waals surface area contributed by atoms with E-state index >= 15 is 0 Å². The lowest BCUT2D eigenvalue weighted by atomic mass is 9.97. The quantitative estimate of drug-likeness (QED) is 0.709. The van der Waals surface area contributed by atoms with Gasteiger partial charge < -0.3 is 9.64 Å². The molecule has 0 aromatic rings. The second-order valence-corrected chi connectivity index (χ2v) is 5.71. The van der Waals surface area contributed by atoms with Gasteiger partial charge in [0.25, 0.3) is 0 Å². The number of amides is 1. The van der Waals surface area contributed by atoms with Gasteiger partial charge in [-0.25, -0.2) is 4.79 Å². The smallest absolute Gasteiger partial charge is 0.410 e. The third kappa shape index (κ3) is 4.75. The Morgan fingerprint density at radius 2 is 1.82 bits per heavy atom. The fraction of sp³-hybridized carbons (Fsp3) is 0.846. The van der Waals surface area contributed by atoms with Crippen molar-refractivity contribution in [1.29, 1.82) is 0 Å². The maximum Gasteiger partial charge on any atom is 0.410 e. The maximum atomic E-state index is 11.9. The summed E-state index contributed by atoms with van der Waals surface area (Å²) >= 11 is 0. The Hall–Kier alpha value is -1.06. The summed E-state index contributed by atoms with van der Waals surface area (Å²) in [6, 6.07) is 0. The zero-order valence-corrected chi connectivity index (χ0v) is 11.3. The molecule has 1 heterocycles. The minimum atomic E-state index is -0.455. The van der Waals surface area contributed by atoms with Crippen LogP contribution in [0.25, 0.3) is 0 Å². The summed E-state index contributed by atoms with van der Waals surface area (Å²) < 4.78 is 5.33. The first-order valence-corrected chi connectivity index (χ1v) is 6.28. The highest BCUT2D eigenvalue weighted by Crippen LogP contribution is 2.20. The average Bonchev–Trinajstić information content (AvgIpc) is 2.39. The Labute approximate surface area is 103 Å². The van der Waals surface area contributed by atoms with E-state index in [2.05, 4.69) is 0 Å². The molecule has 98 valence electrons. The minimum Gasteiger partial charge on any atom is -0.444 e. The van der Waals surface area contributed by atoms with Crippen LogP contribution >= 0.6 is 0 Å². The number of ketones is 1. The Morgan fingerprint density at radius 3 is 2.35 bits per heavy atom. The van der Waals surface area contributed by atoms with Crippen LogP contribution < -0.4 is 0 Å². The van der Waals surface area contributed by atoms with Gasteiger partial charge in [0.2, 0.25) is 0 Å². The fourth-order valence-electron chi connectivity index (χ4n) is 2.01. The molecule has 1 saturated heterocycles. The van der Waals surface area contributed by atoms with Crippen LogP contribution in [-0.2, 0) is 9.53 Å². The first-order chi connectivity index (χ1) is 7.79. The van der Waals surface area contributed by atoms with E-state index < -0.39 is 5.60 Å². The first-order valence-electron chi connectivity index (χ1n) is 6.28. The van der Waals surface area contributed by atoms with Crippen LogP contribution in [0.3, 0.4) is 0 Å². The van der Waals surface area contributed by atoms with Crippen LogP contribution in [-0.4, -0.2) is 35.5 Å². The van der Waals surface area contributed by atoms with Gasteiger partial charge in [-0.3, -0.25) is 4.79 Å². The van der Waals surface area contributed by atoms with Gasteiger partial charge in [-0.15, -0.1) is 0 Å². The van der Waals surface area contributed by atoms with Crippen LogP contribution in [0.5, 0.6) is 0 Å². The number of carbonyl (C=O) groups excluding carboxylic acids is 2. The lowest BCUT2D eigenvalue weighted by Gasteiger charge is -2.26. The van der Waals surface area contributed by atoms with Gasteiger partial charge in [-0.2, -0.15) is 0 Å². The number of Topliss-reactive ketones (excluding diaryl/α,β-unsaturated/α-hetero) is 1. The standard InChI is InChI=1S/C13H23NO3/c1-10(15)11-6-5-8-14(9-7-11)12(16)17-13(2,3)4/h11H,5-9H2,1-4H3/t11-/m0/s1. The highest BCUT2D eigenvalue weighted by Gasteiger charge is 2.26. The zero-order chi connectivity index (χ0) is 13.1. The van der Waals surface area contributed by atoms with Gasteiger partial charge in [-0.1, -0.05) is 0 Å².